The van der Waals surface area contributed by atoms with Crippen LogP contribution in [0, 0.1) is 11.3 Å². The van der Waals surface area contributed by atoms with E-state index in [4.69, 9.17) is 11.0 Å². The first-order chi connectivity index (χ1) is 4.88. The van der Waals surface area contributed by atoms with Crippen molar-refractivity contribution in [2.45, 2.75) is 11.7 Å². The van der Waals surface area contributed by atoms with E-state index < -0.39 is 27.4 Å². The van der Waals surface area contributed by atoms with E-state index in [2.05, 4.69) is 0 Å². The number of hydrogen-bond acceptors (Lipinski definition) is 4. The molecule has 0 aliphatic heterocycles. The zero-order valence-electron chi connectivity index (χ0n) is 5.94. The molecule has 0 heterocycles. The molecule has 0 aromatic heterocycles. The number of nitrogens with zero attached hydrogens (tertiary/aromatic N) is 1. The fourth-order valence-electron chi connectivity index (χ4n) is 0.475. The summed E-state index contributed by atoms with van der Waals surface area (Å²) in [5, 5.41) is 6.97. The van der Waals surface area contributed by atoms with Gasteiger partial charge in [0.05, 0.1) is 12.5 Å². The molecule has 6 heteroatoms. The van der Waals surface area contributed by atoms with Crippen molar-refractivity contribution >= 4 is 15.7 Å². The zero-order valence-corrected chi connectivity index (χ0v) is 6.76. The molecule has 0 aliphatic rings. The third kappa shape index (κ3) is 3.57. The van der Waals surface area contributed by atoms with Gasteiger partial charge in [0.25, 0.3) is 0 Å². The molecule has 1 amide bonds. The molecule has 0 rings (SSSR count). The van der Waals surface area contributed by atoms with Crippen LogP contribution in [0.5, 0.6) is 0 Å². The molecule has 0 saturated heterocycles. The fraction of sp³-hybridized carbons (Fsp3) is 0.600. The van der Waals surface area contributed by atoms with E-state index in [0.717, 1.165) is 6.26 Å². The molecule has 0 saturated carbocycles. The largest absolute Gasteiger partial charge is 0.370 e. The number of carbonyl (C=O) groups excluding carboxylic acids is 1. The molecule has 0 aromatic rings. The lowest BCUT2D eigenvalue weighted by molar-refractivity contribution is -0.117. The standard InChI is InChI=1S/C5H8N2O3S/c1-11(9,10)4(3-6)2-5(7)8/h4H,2H2,1H3,(H2,7,8). The Hall–Kier alpha value is -1.09. The number of hydrogen-bond donors (Lipinski definition) is 1. The molecule has 0 aliphatic carbocycles. The van der Waals surface area contributed by atoms with Gasteiger partial charge in [-0.1, -0.05) is 0 Å². The summed E-state index contributed by atoms with van der Waals surface area (Å²) >= 11 is 0. The average molecular weight is 176 g/mol. The Morgan fingerprint density at radius 3 is 2.27 bits per heavy atom. The Morgan fingerprint density at radius 2 is 2.18 bits per heavy atom. The molecule has 2 N–H and O–H groups in total. The third-order valence-corrected chi connectivity index (χ3v) is 2.35. The fourth-order valence-corrected chi connectivity index (χ4v) is 1.13. The van der Waals surface area contributed by atoms with Crippen molar-refractivity contribution in [3.05, 3.63) is 0 Å². The smallest absolute Gasteiger partial charge is 0.219 e. The van der Waals surface area contributed by atoms with Gasteiger partial charge >= 0.3 is 0 Å². The van der Waals surface area contributed by atoms with Gasteiger partial charge in [-0.05, 0) is 0 Å². The van der Waals surface area contributed by atoms with Crippen LogP contribution >= 0.6 is 0 Å². The van der Waals surface area contributed by atoms with Crippen molar-refractivity contribution in [2.75, 3.05) is 6.26 Å². The maximum absolute atomic E-state index is 10.7. The van der Waals surface area contributed by atoms with Crippen LogP contribution < -0.4 is 5.73 Å². The van der Waals surface area contributed by atoms with Gasteiger partial charge in [-0.15, -0.1) is 0 Å². The Morgan fingerprint density at radius 1 is 1.73 bits per heavy atom. The summed E-state index contributed by atoms with van der Waals surface area (Å²) in [6.07, 6.45) is 0.458. The lowest BCUT2D eigenvalue weighted by atomic mass is 10.3. The van der Waals surface area contributed by atoms with Gasteiger partial charge in [0.1, 0.15) is 0 Å². The van der Waals surface area contributed by atoms with Gasteiger partial charge in [-0.2, -0.15) is 5.26 Å². The topological polar surface area (TPSA) is 101 Å². The minimum Gasteiger partial charge on any atom is -0.370 e. The number of nitrogens with two attached hydrogens (primary N) is 1. The van der Waals surface area contributed by atoms with Crippen LogP contribution in [0.4, 0.5) is 0 Å². The predicted octanol–water partition coefficient (Wildman–Crippen LogP) is -1.20. The molecule has 62 valence electrons. The van der Waals surface area contributed by atoms with Gasteiger partial charge in [-0.3, -0.25) is 4.79 Å². The highest BCUT2D eigenvalue weighted by Gasteiger charge is 2.21. The van der Waals surface area contributed by atoms with Gasteiger partial charge < -0.3 is 5.73 Å². The molecule has 11 heavy (non-hydrogen) atoms. The van der Waals surface area contributed by atoms with Gasteiger partial charge in [0.15, 0.2) is 15.1 Å². The Kier molecular flexibility index (Phi) is 3.01. The second kappa shape index (κ2) is 3.34. The van der Waals surface area contributed by atoms with Crippen LogP contribution in [0.2, 0.25) is 0 Å². The highest BCUT2D eigenvalue weighted by atomic mass is 32.2. The van der Waals surface area contributed by atoms with Crippen molar-refractivity contribution in [3.63, 3.8) is 0 Å². The van der Waals surface area contributed by atoms with E-state index in [0.29, 0.717) is 0 Å². The molecule has 1 atom stereocenters. The van der Waals surface area contributed by atoms with Crippen LogP contribution in [0.3, 0.4) is 0 Å². The van der Waals surface area contributed by atoms with Crippen molar-refractivity contribution in [1.82, 2.24) is 0 Å². The molecule has 0 aromatic carbocycles. The number of nitriles is 1. The van der Waals surface area contributed by atoms with Crippen LogP contribution in [-0.2, 0) is 14.6 Å². The molecule has 0 radical (unpaired) electrons. The number of sulfone groups is 1. The predicted molar refractivity (Wildman–Crippen MR) is 38.1 cm³/mol. The summed E-state index contributed by atoms with van der Waals surface area (Å²) < 4.78 is 21.3. The maximum Gasteiger partial charge on any atom is 0.219 e. The van der Waals surface area contributed by atoms with Gasteiger partial charge in [0, 0.05) is 6.26 Å². The minimum atomic E-state index is -3.47. The molecule has 0 spiro atoms. The summed E-state index contributed by atoms with van der Waals surface area (Å²) in [6, 6.07) is 1.48. The Bertz CT molecular complexity index is 287. The first-order valence-electron chi connectivity index (χ1n) is 2.74. The normalized spacial score (nSPS) is 13.5. The molecular formula is C5H8N2O3S. The van der Waals surface area contributed by atoms with Crippen molar-refractivity contribution in [1.29, 1.82) is 5.26 Å². The van der Waals surface area contributed by atoms with E-state index in [1.807, 2.05) is 0 Å². The number of amides is 1. The van der Waals surface area contributed by atoms with E-state index in [1.54, 1.807) is 0 Å². The van der Waals surface area contributed by atoms with Crippen LogP contribution in [-0.4, -0.2) is 25.8 Å². The first kappa shape index (κ1) is 9.91. The quantitative estimate of drug-likeness (QED) is 0.583. The van der Waals surface area contributed by atoms with E-state index in [9.17, 15) is 13.2 Å². The molecular weight excluding hydrogens is 168 g/mol. The van der Waals surface area contributed by atoms with Crippen LogP contribution in [0.25, 0.3) is 0 Å². The molecule has 5 nitrogen and oxygen atoms in total. The van der Waals surface area contributed by atoms with Crippen LogP contribution in [0.15, 0.2) is 0 Å². The second-order valence-corrected chi connectivity index (χ2v) is 4.35. The lowest BCUT2D eigenvalue weighted by Gasteiger charge is -2.01. The second-order valence-electron chi connectivity index (χ2n) is 2.12. The van der Waals surface area contributed by atoms with Crippen LogP contribution in [0.1, 0.15) is 6.42 Å². The lowest BCUT2D eigenvalue weighted by Crippen LogP contribution is -2.25. The first-order valence-corrected chi connectivity index (χ1v) is 4.70. The van der Waals surface area contributed by atoms with Crippen molar-refractivity contribution in [2.24, 2.45) is 5.73 Å². The summed E-state index contributed by atoms with van der Waals surface area (Å²) in [5.74, 6) is -0.790. The third-order valence-electron chi connectivity index (χ3n) is 1.05. The van der Waals surface area contributed by atoms with Gasteiger partial charge in [-0.25, -0.2) is 8.42 Å². The monoisotopic (exact) mass is 176 g/mol. The van der Waals surface area contributed by atoms with Gasteiger partial charge in [0.2, 0.25) is 5.91 Å². The Labute approximate surface area is 64.7 Å². The highest BCUT2D eigenvalue weighted by Crippen LogP contribution is 2.01. The molecule has 0 bridgehead atoms. The Balaban J connectivity index is 4.48. The zero-order chi connectivity index (χ0) is 9.07. The minimum absolute atomic E-state index is 0.435. The maximum atomic E-state index is 10.7. The number of carbonyl (C=O) groups is 1. The summed E-state index contributed by atoms with van der Waals surface area (Å²) in [5.41, 5.74) is 4.71. The summed E-state index contributed by atoms with van der Waals surface area (Å²) in [4.78, 5) is 10.2. The van der Waals surface area contributed by atoms with E-state index in [1.165, 1.54) is 6.07 Å². The van der Waals surface area contributed by atoms with E-state index in [-0.39, 0.29) is 0 Å². The van der Waals surface area contributed by atoms with E-state index >= 15 is 0 Å². The van der Waals surface area contributed by atoms with Crippen molar-refractivity contribution < 1.29 is 13.2 Å². The summed E-state index contributed by atoms with van der Waals surface area (Å²) in [6.45, 7) is 0. The molecule has 1 unspecified atom stereocenters. The average Bonchev–Trinajstić information content (AvgIpc) is 1.79. The number of primary amides is 1. The molecule has 0 fully saturated rings. The highest BCUT2D eigenvalue weighted by molar-refractivity contribution is 7.91. The SMILES string of the molecule is CS(=O)(=O)C(C#N)CC(N)=O. The summed E-state index contributed by atoms with van der Waals surface area (Å²) in [7, 11) is -3.47. The van der Waals surface area contributed by atoms with Crippen molar-refractivity contribution in [3.8, 4) is 6.07 Å². The number of rotatable bonds is 3.